The summed E-state index contributed by atoms with van der Waals surface area (Å²) in [6, 6.07) is 1.85. The van der Waals surface area contributed by atoms with Crippen molar-refractivity contribution in [3.8, 4) is 5.75 Å². The van der Waals surface area contributed by atoms with Gasteiger partial charge in [0.05, 0.1) is 12.8 Å². The van der Waals surface area contributed by atoms with Gasteiger partial charge in [-0.15, -0.1) is 0 Å². The van der Waals surface area contributed by atoms with E-state index in [4.69, 9.17) is 4.74 Å². The highest BCUT2D eigenvalue weighted by atomic mass is 16.5. The summed E-state index contributed by atoms with van der Waals surface area (Å²) in [7, 11) is 1.58. The van der Waals surface area contributed by atoms with Gasteiger partial charge in [-0.3, -0.25) is 9.89 Å². The van der Waals surface area contributed by atoms with E-state index in [0.29, 0.717) is 24.4 Å². The number of aryl methyl sites for hydroxylation is 3. The van der Waals surface area contributed by atoms with Gasteiger partial charge in [0.1, 0.15) is 0 Å². The fourth-order valence-corrected chi connectivity index (χ4v) is 3.07. The second kappa shape index (κ2) is 6.81. The first-order valence-electron chi connectivity index (χ1n) is 8.03. The van der Waals surface area contributed by atoms with Crippen molar-refractivity contribution in [2.75, 3.05) is 12.4 Å². The van der Waals surface area contributed by atoms with Crippen molar-refractivity contribution in [2.45, 2.75) is 45.4 Å². The summed E-state index contributed by atoms with van der Waals surface area (Å²) in [5, 5.41) is 10.3. The van der Waals surface area contributed by atoms with Crippen LogP contribution < -0.4 is 10.1 Å². The summed E-state index contributed by atoms with van der Waals surface area (Å²) in [5.41, 5.74) is 4.53. The lowest BCUT2D eigenvalue weighted by molar-refractivity contribution is -0.116. The van der Waals surface area contributed by atoms with Gasteiger partial charge in [0.25, 0.3) is 0 Å². The number of ether oxygens (including phenoxy) is 1. The van der Waals surface area contributed by atoms with E-state index in [9.17, 15) is 4.79 Å². The Hall–Kier alpha value is -2.37. The van der Waals surface area contributed by atoms with E-state index in [1.54, 1.807) is 13.3 Å². The number of carbonyl (C=O) groups is 1. The number of hydrogen-bond acceptors (Lipinski definition) is 4. The van der Waals surface area contributed by atoms with Crippen LogP contribution in [-0.4, -0.2) is 28.2 Å². The summed E-state index contributed by atoms with van der Waals surface area (Å²) < 4.78 is 5.31. The molecule has 1 amide bonds. The maximum atomic E-state index is 12.2. The Bertz CT molecular complexity index is 709. The topological polar surface area (TPSA) is 79.9 Å². The van der Waals surface area contributed by atoms with Gasteiger partial charge in [0.15, 0.2) is 11.6 Å². The number of rotatable bonds is 5. The molecule has 0 aromatic carbocycles. The molecular formula is C17H22N4O2. The molecule has 2 aromatic heterocycles. The number of anilines is 1. The average Bonchev–Trinajstić information content (AvgIpc) is 2.96. The normalized spacial score (nSPS) is 13.5. The average molecular weight is 314 g/mol. The van der Waals surface area contributed by atoms with E-state index < -0.39 is 0 Å². The van der Waals surface area contributed by atoms with E-state index in [-0.39, 0.29) is 5.91 Å². The van der Waals surface area contributed by atoms with E-state index in [1.807, 2.05) is 13.0 Å². The van der Waals surface area contributed by atoms with Crippen molar-refractivity contribution in [1.29, 1.82) is 0 Å². The molecule has 6 heteroatoms. The van der Waals surface area contributed by atoms with Crippen LogP contribution in [0.15, 0.2) is 12.3 Å². The number of nitrogens with one attached hydrogen (secondary N) is 2. The number of H-pyrrole nitrogens is 1. The quantitative estimate of drug-likeness (QED) is 0.889. The van der Waals surface area contributed by atoms with Crippen LogP contribution in [0.4, 0.5) is 5.82 Å². The molecule has 0 spiro atoms. The van der Waals surface area contributed by atoms with Crippen molar-refractivity contribution in [1.82, 2.24) is 15.2 Å². The number of fused-ring (bicyclic) bond motifs is 1. The summed E-state index contributed by atoms with van der Waals surface area (Å²) in [6.07, 6.45) is 7.25. The van der Waals surface area contributed by atoms with Gasteiger partial charge in [-0.05, 0) is 49.8 Å². The summed E-state index contributed by atoms with van der Waals surface area (Å²) in [5.74, 6) is 1.01. The molecule has 3 rings (SSSR count). The Morgan fingerprint density at radius 2 is 2.22 bits per heavy atom. The highest BCUT2D eigenvalue weighted by Gasteiger charge is 2.18. The van der Waals surface area contributed by atoms with Crippen LogP contribution in [0, 0.1) is 6.92 Å². The molecule has 2 N–H and O–H groups in total. The van der Waals surface area contributed by atoms with Gasteiger partial charge >= 0.3 is 0 Å². The van der Waals surface area contributed by atoms with Crippen LogP contribution in [0.2, 0.25) is 0 Å². The second-order valence-corrected chi connectivity index (χ2v) is 5.89. The highest BCUT2D eigenvalue weighted by molar-refractivity contribution is 5.91. The molecular weight excluding hydrogens is 292 g/mol. The molecule has 0 fully saturated rings. The minimum absolute atomic E-state index is 0.0750. The number of methoxy groups -OCH3 is 1. The first kappa shape index (κ1) is 15.5. The molecule has 0 saturated carbocycles. The number of aromatic amines is 1. The SMILES string of the molecule is COc1c(C)ccnc1NC(=O)CCc1n[nH]c2c1CCCC2. The molecule has 0 atom stereocenters. The van der Waals surface area contributed by atoms with Crippen LogP contribution >= 0.6 is 0 Å². The van der Waals surface area contributed by atoms with Crippen molar-refractivity contribution < 1.29 is 9.53 Å². The summed E-state index contributed by atoms with van der Waals surface area (Å²) in [6.45, 7) is 1.92. The Morgan fingerprint density at radius 3 is 3.04 bits per heavy atom. The van der Waals surface area contributed by atoms with Crippen LogP contribution in [0.5, 0.6) is 5.75 Å². The standard InChI is InChI=1S/C17H22N4O2/c1-11-9-10-18-17(16(11)23-2)19-15(22)8-7-14-12-5-3-4-6-13(12)20-21-14/h9-10H,3-8H2,1-2H3,(H,20,21)(H,18,19,22). The van der Waals surface area contributed by atoms with Crippen LogP contribution in [0.1, 0.15) is 41.8 Å². The van der Waals surface area contributed by atoms with Crippen LogP contribution in [0.25, 0.3) is 0 Å². The maximum Gasteiger partial charge on any atom is 0.226 e. The summed E-state index contributed by atoms with van der Waals surface area (Å²) >= 11 is 0. The largest absolute Gasteiger partial charge is 0.493 e. The zero-order valence-corrected chi connectivity index (χ0v) is 13.6. The fraction of sp³-hybridized carbons (Fsp3) is 0.471. The van der Waals surface area contributed by atoms with Crippen molar-refractivity contribution >= 4 is 11.7 Å². The van der Waals surface area contributed by atoms with E-state index in [0.717, 1.165) is 24.1 Å². The molecule has 0 bridgehead atoms. The fourth-order valence-electron chi connectivity index (χ4n) is 3.07. The molecule has 2 heterocycles. The molecule has 0 unspecified atom stereocenters. The minimum atomic E-state index is -0.0750. The zero-order valence-electron chi connectivity index (χ0n) is 13.6. The Labute approximate surface area is 135 Å². The van der Waals surface area contributed by atoms with E-state index >= 15 is 0 Å². The van der Waals surface area contributed by atoms with Gasteiger partial charge in [-0.25, -0.2) is 4.98 Å². The maximum absolute atomic E-state index is 12.2. The van der Waals surface area contributed by atoms with Crippen LogP contribution in [0.3, 0.4) is 0 Å². The molecule has 122 valence electrons. The number of amides is 1. The Balaban J connectivity index is 1.62. The van der Waals surface area contributed by atoms with Crippen molar-refractivity contribution in [3.05, 3.63) is 34.8 Å². The Kier molecular flexibility index (Phi) is 4.60. The lowest BCUT2D eigenvalue weighted by Gasteiger charge is -2.12. The second-order valence-electron chi connectivity index (χ2n) is 5.89. The van der Waals surface area contributed by atoms with Gasteiger partial charge in [0, 0.05) is 24.7 Å². The number of pyridine rings is 1. The molecule has 0 aliphatic heterocycles. The molecule has 6 nitrogen and oxygen atoms in total. The van der Waals surface area contributed by atoms with Gasteiger partial charge in [-0.1, -0.05) is 0 Å². The highest BCUT2D eigenvalue weighted by Crippen LogP contribution is 2.26. The molecule has 1 aliphatic rings. The minimum Gasteiger partial charge on any atom is -0.493 e. The number of aromatic nitrogens is 3. The molecule has 0 radical (unpaired) electrons. The van der Waals surface area contributed by atoms with Gasteiger partial charge < -0.3 is 10.1 Å². The lowest BCUT2D eigenvalue weighted by atomic mass is 9.94. The molecule has 2 aromatic rings. The smallest absolute Gasteiger partial charge is 0.226 e. The van der Waals surface area contributed by atoms with Crippen LogP contribution in [-0.2, 0) is 24.1 Å². The summed E-state index contributed by atoms with van der Waals surface area (Å²) in [4.78, 5) is 16.4. The molecule has 0 saturated heterocycles. The number of hydrogen-bond donors (Lipinski definition) is 2. The Morgan fingerprint density at radius 1 is 1.39 bits per heavy atom. The molecule has 1 aliphatic carbocycles. The van der Waals surface area contributed by atoms with E-state index in [1.165, 1.54) is 24.1 Å². The number of nitrogens with zero attached hydrogens (tertiary/aromatic N) is 2. The lowest BCUT2D eigenvalue weighted by Crippen LogP contribution is -2.15. The monoisotopic (exact) mass is 314 g/mol. The third-order valence-electron chi connectivity index (χ3n) is 4.29. The predicted molar refractivity (Wildman–Crippen MR) is 87.7 cm³/mol. The van der Waals surface area contributed by atoms with Gasteiger partial charge in [-0.2, -0.15) is 5.10 Å². The zero-order chi connectivity index (χ0) is 16.2. The molecule has 23 heavy (non-hydrogen) atoms. The van der Waals surface area contributed by atoms with Crippen molar-refractivity contribution in [3.63, 3.8) is 0 Å². The number of carbonyl (C=O) groups excluding carboxylic acids is 1. The third-order valence-corrected chi connectivity index (χ3v) is 4.29. The van der Waals surface area contributed by atoms with Crippen molar-refractivity contribution in [2.24, 2.45) is 0 Å². The van der Waals surface area contributed by atoms with Gasteiger partial charge in [0.2, 0.25) is 5.91 Å². The first-order valence-corrected chi connectivity index (χ1v) is 8.03. The predicted octanol–water partition coefficient (Wildman–Crippen LogP) is 2.57. The van der Waals surface area contributed by atoms with E-state index in [2.05, 4.69) is 20.5 Å². The first-order chi connectivity index (χ1) is 11.2. The third kappa shape index (κ3) is 3.36.